The zero-order chi connectivity index (χ0) is 13.1. The smallest absolute Gasteiger partial charge is 0.0795 e. The summed E-state index contributed by atoms with van der Waals surface area (Å²) in [6.07, 6.45) is 5.03. The van der Waals surface area contributed by atoms with Crippen molar-refractivity contribution >= 4 is 11.8 Å². The van der Waals surface area contributed by atoms with Crippen LogP contribution in [0.2, 0.25) is 0 Å². The molecular formula is C14H27NO2S. The Kier molecular flexibility index (Phi) is 4.98. The zero-order valence-corrected chi connectivity index (χ0v) is 12.5. The Morgan fingerprint density at radius 2 is 2.22 bits per heavy atom. The number of nitrogens with one attached hydrogen (secondary N) is 1. The summed E-state index contributed by atoms with van der Waals surface area (Å²) in [4.78, 5) is 0. The van der Waals surface area contributed by atoms with Gasteiger partial charge in [-0.15, -0.1) is 0 Å². The molecule has 0 aromatic heterocycles. The molecule has 0 aromatic rings. The maximum absolute atomic E-state index is 10.3. The minimum atomic E-state index is -0.532. The molecule has 2 N–H and O–H groups in total. The predicted octanol–water partition coefficient (Wildman–Crippen LogP) is 2.18. The van der Waals surface area contributed by atoms with Crippen LogP contribution in [0.3, 0.4) is 0 Å². The average Bonchev–Trinajstić information content (AvgIpc) is 2.84. The largest absolute Gasteiger partial charge is 0.389 e. The maximum Gasteiger partial charge on any atom is 0.0795 e. The second-order valence-electron chi connectivity index (χ2n) is 5.84. The van der Waals surface area contributed by atoms with E-state index in [2.05, 4.69) is 19.2 Å². The third-order valence-electron chi connectivity index (χ3n) is 4.60. The van der Waals surface area contributed by atoms with Gasteiger partial charge in [-0.25, -0.2) is 0 Å². The third-order valence-corrected chi connectivity index (χ3v) is 5.82. The molecule has 2 saturated heterocycles. The first-order valence-electron chi connectivity index (χ1n) is 7.29. The van der Waals surface area contributed by atoms with Crippen molar-refractivity contribution in [1.82, 2.24) is 5.32 Å². The van der Waals surface area contributed by atoms with Gasteiger partial charge in [-0.1, -0.05) is 13.8 Å². The minimum absolute atomic E-state index is 0.136. The first-order chi connectivity index (χ1) is 8.61. The van der Waals surface area contributed by atoms with Crippen molar-refractivity contribution in [2.75, 3.05) is 24.7 Å². The molecule has 2 heterocycles. The van der Waals surface area contributed by atoms with Gasteiger partial charge in [0.05, 0.1) is 11.2 Å². The molecule has 2 fully saturated rings. The molecule has 2 atom stereocenters. The Morgan fingerprint density at radius 1 is 1.44 bits per heavy atom. The second-order valence-corrected chi connectivity index (χ2v) is 6.94. The highest BCUT2D eigenvalue weighted by Gasteiger charge is 2.40. The van der Waals surface area contributed by atoms with Crippen molar-refractivity contribution < 1.29 is 9.84 Å². The number of thioether (sulfide) groups is 1. The van der Waals surface area contributed by atoms with Crippen molar-refractivity contribution in [3.8, 4) is 0 Å². The summed E-state index contributed by atoms with van der Waals surface area (Å²) in [5.41, 5.74) is -0.396. The minimum Gasteiger partial charge on any atom is -0.389 e. The Morgan fingerprint density at radius 3 is 2.83 bits per heavy atom. The molecule has 0 bridgehead atoms. The lowest BCUT2D eigenvalue weighted by molar-refractivity contribution is -0.0734. The van der Waals surface area contributed by atoms with Crippen LogP contribution in [0.15, 0.2) is 0 Å². The van der Waals surface area contributed by atoms with Crippen LogP contribution in [0.4, 0.5) is 0 Å². The molecule has 0 radical (unpaired) electrons. The van der Waals surface area contributed by atoms with Crippen LogP contribution in [0.5, 0.6) is 0 Å². The summed E-state index contributed by atoms with van der Waals surface area (Å²) in [5, 5.41) is 13.9. The molecule has 1 spiro atoms. The lowest BCUT2D eigenvalue weighted by Crippen LogP contribution is -2.51. The Bertz CT molecular complexity index is 263. The van der Waals surface area contributed by atoms with Gasteiger partial charge in [-0.05, 0) is 37.9 Å². The quantitative estimate of drug-likeness (QED) is 0.805. The van der Waals surface area contributed by atoms with E-state index < -0.39 is 5.60 Å². The van der Waals surface area contributed by atoms with Crippen LogP contribution in [0, 0.1) is 0 Å². The van der Waals surface area contributed by atoms with Crippen molar-refractivity contribution in [2.45, 2.75) is 63.2 Å². The number of rotatable bonds is 5. The van der Waals surface area contributed by atoms with Crippen LogP contribution in [0.1, 0.15) is 46.0 Å². The SMILES string of the molecule is CCC(O)(CC)CNC1CCOC2(CCSC2)C1. The molecule has 4 heteroatoms. The Balaban J connectivity index is 1.82. The molecule has 0 amide bonds. The summed E-state index contributed by atoms with van der Waals surface area (Å²) in [6, 6.07) is 0.516. The van der Waals surface area contributed by atoms with E-state index in [1.54, 1.807) is 0 Å². The topological polar surface area (TPSA) is 41.5 Å². The molecule has 0 saturated carbocycles. The first-order valence-corrected chi connectivity index (χ1v) is 8.44. The molecule has 0 aromatic carbocycles. The van der Waals surface area contributed by atoms with Crippen LogP contribution < -0.4 is 5.32 Å². The van der Waals surface area contributed by atoms with Crippen LogP contribution in [-0.4, -0.2) is 47.0 Å². The maximum atomic E-state index is 10.3. The fourth-order valence-corrected chi connectivity index (χ4v) is 4.28. The lowest BCUT2D eigenvalue weighted by Gasteiger charge is -2.39. The van der Waals surface area contributed by atoms with E-state index in [-0.39, 0.29) is 5.60 Å². The fourth-order valence-electron chi connectivity index (χ4n) is 2.90. The van der Waals surface area contributed by atoms with Crippen molar-refractivity contribution in [1.29, 1.82) is 0 Å². The molecule has 0 aliphatic carbocycles. The van der Waals surface area contributed by atoms with Gasteiger partial charge in [0.15, 0.2) is 0 Å². The van der Waals surface area contributed by atoms with E-state index in [1.165, 1.54) is 12.2 Å². The standard InChI is InChI=1S/C14H27NO2S/c1-3-13(16,4-2)10-15-12-5-7-17-14(9-12)6-8-18-11-14/h12,15-16H,3-11H2,1-2H3. The van der Waals surface area contributed by atoms with Crippen molar-refractivity contribution in [3.05, 3.63) is 0 Å². The number of hydrogen-bond acceptors (Lipinski definition) is 4. The summed E-state index contributed by atoms with van der Waals surface area (Å²) in [7, 11) is 0. The molecule has 2 aliphatic heterocycles. The van der Waals surface area contributed by atoms with Crippen molar-refractivity contribution in [3.63, 3.8) is 0 Å². The van der Waals surface area contributed by atoms with Gasteiger partial charge >= 0.3 is 0 Å². The van der Waals surface area contributed by atoms with Gasteiger partial charge in [-0.2, -0.15) is 11.8 Å². The van der Waals surface area contributed by atoms with Crippen LogP contribution in [0.25, 0.3) is 0 Å². The van der Waals surface area contributed by atoms with Gasteiger partial charge in [0, 0.05) is 24.9 Å². The Hall–Kier alpha value is 0.230. The van der Waals surface area contributed by atoms with E-state index >= 15 is 0 Å². The van der Waals surface area contributed by atoms with Gasteiger partial charge < -0.3 is 15.2 Å². The van der Waals surface area contributed by atoms with E-state index in [0.717, 1.165) is 38.0 Å². The molecule has 106 valence electrons. The monoisotopic (exact) mass is 273 g/mol. The van der Waals surface area contributed by atoms with Gasteiger partial charge in [0.1, 0.15) is 0 Å². The summed E-state index contributed by atoms with van der Waals surface area (Å²) >= 11 is 2.01. The van der Waals surface area contributed by atoms with Crippen molar-refractivity contribution in [2.24, 2.45) is 0 Å². The highest BCUT2D eigenvalue weighted by Crippen LogP contribution is 2.38. The van der Waals surface area contributed by atoms with E-state index in [4.69, 9.17) is 4.74 Å². The molecule has 18 heavy (non-hydrogen) atoms. The van der Waals surface area contributed by atoms with Crippen LogP contribution >= 0.6 is 11.8 Å². The summed E-state index contributed by atoms with van der Waals surface area (Å²) < 4.78 is 6.02. The molecular weight excluding hydrogens is 246 g/mol. The molecule has 3 nitrogen and oxygen atoms in total. The Labute approximate surface area is 115 Å². The molecule has 2 rings (SSSR count). The molecule has 2 aliphatic rings. The number of aliphatic hydroxyl groups is 1. The van der Waals surface area contributed by atoms with Gasteiger partial charge in [-0.3, -0.25) is 0 Å². The van der Waals surface area contributed by atoms with E-state index in [0.29, 0.717) is 12.6 Å². The van der Waals surface area contributed by atoms with Crippen LogP contribution in [-0.2, 0) is 4.74 Å². The fraction of sp³-hybridized carbons (Fsp3) is 1.00. The highest BCUT2D eigenvalue weighted by molar-refractivity contribution is 7.99. The van der Waals surface area contributed by atoms with Gasteiger partial charge in [0.2, 0.25) is 0 Å². The average molecular weight is 273 g/mol. The zero-order valence-electron chi connectivity index (χ0n) is 11.7. The molecule has 2 unspecified atom stereocenters. The number of ether oxygens (including phenoxy) is 1. The predicted molar refractivity (Wildman–Crippen MR) is 77.2 cm³/mol. The number of hydrogen-bond donors (Lipinski definition) is 2. The normalized spacial score (nSPS) is 33.2. The first kappa shape index (κ1) is 14.6. The summed E-state index contributed by atoms with van der Waals surface area (Å²) in [6.45, 7) is 5.71. The third kappa shape index (κ3) is 3.41. The lowest BCUT2D eigenvalue weighted by atomic mass is 9.89. The summed E-state index contributed by atoms with van der Waals surface area (Å²) in [5.74, 6) is 2.39. The second kappa shape index (κ2) is 6.12. The van der Waals surface area contributed by atoms with E-state index in [1.807, 2.05) is 11.8 Å². The van der Waals surface area contributed by atoms with E-state index in [9.17, 15) is 5.11 Å². The highest BCUT2D eigenvalue weighted by atomic mass is 32.2. The van der Waals surface area contributed by atoms with Gasteiger partial charge in [0.25, 0.3) is 0 Å².